The topological polar surface area (TPSA) is 55.1 Å². The molecule has 0 aliphatic heterocycles. The Morgan fingerprint density at radius 1 is 1.57 bits per heavy atom. The molecule has 0 fully saturated rings. The number of amides is 1. The van der Waals surface area contributed by atoms with Gasteiger partial charge in [0, 0.05) is 6.92 Å². The standard InChI is InChI=1S/C2H6N2O.C2H6/c1-2(5)4-3;1-2/h3H2,1H3,(H,4,5);1-2H3. The summed E-state index contributed by atoms with van der Waals surface area (Å²) in [6.45, 7) is 5.35. The number of carbonyl (C=O) groups is 1. The van der Waals surface area contributed by atoms with Gasteiger partial charge in [-0.25, -0.2) is 5.84 Å². The largest absolute Gasteiger partial charge is 0.295 e. The lowest BCUT2D eigenvalue weighted by Gasteiger charge is -1.80. The average Bonchev–Trinajstić information content (AvgIpc) is 1.73. The molecule has 0 radical (unpaired) electrons. The molecule has 0 aromatic heterocycles. The van der Waals surface area contributed by atoms with Crippen molar-refractivity contribution in [2.75, 3.05) is 0 Å². The Labute approximate surface area is 43.9 Å². The minimum Gasteiger partial charge on any atom is -0.295 e. The van der Waals surface area contributed by atoms with Crippen molar-refractivity contribution in [2.24, 2.45) is 5.84 Å². The molecule has 0 heterocycles. The Morgan fingerprint density at radius 2 is 1.71 bits per heavy atom. The third-order valence-electron chi connectivity index (χ3n) is 0.203. The molecule has 1 amide bonds. The third kappa shape index (κ3) is 31.2. The summed E-state index contributed by atoms with van der Waals surface area (Å²) in [6, 6.07) is 0. The summed E-state index contributed by atoms with van der Waals surface area (Å²) in [6.07, 6.45) is 0. The summed E-state index contributed by atoms with van der Waals surface area (Å²) in [5.41, 5.74) is 1.89. The molecule has 0 saturated heterocycles. The normalized spacial score (nSPS) is 5.71. The molecular formula is C4H12N2O. The van der Waals surface area contributed by atoms with Crippen molar-refractivity contribution in [3.63, 3.8) is 0 Å². The highest BCUT2D eigenvalue weighted by Gasteiger charge is 1.73. The van der Waals surface area contributed by atoms with Crippen molar-refractivity contribution in [3.05, 3.63) is 0 Å². The van der Waals surface area contributed by atoms with Gasteiger partial charge in [0.15, 0.2) is 0 Å². The summed E-state index contributed by atoms with van der Waals surface area (Å²) in [5.74, 6) is 4.35. The molecule has 0 bridgehead atoms. The maximum absolute atomic E-state index is 9.58. The van der Waals surface area contributed by atoms with E-state index in [9.17, 15) is 4.79 Å². The van der Waals surface area contributed by atoms with E-state index in [1.807, 2.05) is 19.3 Å². The molecule has 0 unspecified atom stereocenters. The average molecular weight is 104 g/mol. The van der Waals surface area contributed by atoms with Gasteiger partial charge in [-0.1, -0.05) is 13.8 Å². The number of hydrogen-bond donors (Lipinski definition) is 2. The van der Waals surface area contributed by atoms with Gasteiger partial charge in [-0.2, -0.15) is 0 Å². The first-order valence-corrected chi connectivity index (χ1v) is 2.24. The summed E-state index contributed by atoms with van der Waals surface area (Å²) >= 11 is 0. The zero-order valence-electron chi connectivity index (χ0n) is 4.99. The zero-order valence-corrected chi connectivity index (χ0v) is 4.99. The molecule has 0 aromatic rings. The Kier molecular flexibility index (Phi) is 12.5. The van der Waals surface area contributed by atoms with Crippen LogP contribution in [0, 0.1) is 0 Å². The van der Waals surface area contributed by atoms with Gasteiger partial charge in [-0.15, -0.1) is 0 Å². The van der Waals surface area contributed by atoms with E-state index in [0.29, 0.717) is 0 Å². The number of nitrogens with one attached hydrogen (secondary N) is 1. The van der Waals surface area contributed by atoms with E-state index < -0.39 is 0 Å². The minimum atomic E-state index is -0.218. The molecule has 0 spiro atoms. The van der Waals surface area contributed by atoms with Gasteiger partial charge in [0.05, 0.1) is 0 Å². The highest BCUT2D eigenvalue weighted by molar-refractivity contribution is 5.71. The van der Waals surface area contributed by atoms with Crippen molar-refractivity contribution in [3.8, 4) is 0 Å². The second-order valence-electron chi connectivity index (χ2n) is 0.701. The van der Waals surface area contributed by atoms with Crippen LogP contribution in [-0.2, 0) is 4.79 Å². The fraction of sp³-hybridized carbons (Fsp3) is 0.750. The van der Waals surface area contributed by atoms with E-state index in [1.54, 1.807) is 0 Å². The van der Waals surface area contributed by atoms with Gasteiger partial charge in [-0.05, 0) is 0 Å². The van der Waals surface area contributed by atoms with Gasteiger partial charge in [0.1, 0.15) is 0 Å². The quantitative estimate of drug-likeness (QED) is 0.258. The number of hydrazine groups is 1. The maximum atomic E-state index is 9.58. The first-order valence-electron chi connectivity index (χ1n) is 2.24. The number of carbonyl (C=O) groups excluding carboxylic acids is 1. The van der Waals surface area contributed by atoms with Crippen LogP contribution in [0.4, 0.5) is 0 Å². The van der Waals surface area contributed by atoms with Crippen molar-refractivity contribution in [2.45, 2.75) is 20.8 Å². The van der Waals surface area contributed by atoms with Gasteiger partial charge in [0.2, 0.25) is 5.91 Å². The maximum Gasteiger partial charge on any atom is 0.230 e. The molecule has 0 aliphatic rings. The molecule has 44 valence electrons. The SMILES string of the molecule is CC.CC(=O)NN. The molecule has 7 heavy (non-hydrogen) atoms. The van der Waals surface area contributed by atoms with Gasteiger partial charge in [-0.3, -0.25) is 10.2 Å². The second kappa shape index (κ2) is 9.06. The summed E-state index contributed by atoms with van der Waals surface area (Å²) in [5, 5.41) is 0. The van der Waals surface area contributed by atoms with Crippen LogP contribution in [0.3, 0.4) is 0 Å². The lowest BCUT2D eigenvalue weighted by molar-refractivity contribution is -0.119. The second-order valence-corrected chi connectivity index (χ2v) is 0.701. The minimum absolute atomic E-state index is 0.218. The fourth-order valence-electron chi connectivity index (χ4n) is 0. The van der Waals surface area contributed by atoms with Crippen molar-refractivity contribution in [1.82, 2.24) is 5.43 Å². The highest BCUT2D eigenvalue weighted by atomic mass is 16.2. The molecule has 0 atom stereocenters. The Morgan fingerprint density at radius 3 is 1.71 bits per heavy atom. The molecule has 0 aromatic carbocycles. The van der Waals surface area contributed by atoms with Crippen molar-refractivity contribution < 1.29 is 4.79 Å². The molecule has 3 N–H and O–H groups in total. The number of rotatable bonds is 0. The van der Waals surface area contributed by atoms with Crippen molar-refractivity contribution in [1.29, 1.82) is 0 Å². The Hall–Kier alpha value is -0.570. The molecule has 3 heteroatoms. The first kappa shape index (κ1) is 9.66. The van der Waals surface area contributed by atoms with Crippen LogP contribution >= 0.6 is 0 Å². The summed E-state index contributed by atoms with van der Waals surface area (Å²) < 4.78 is 0. The van der Waals surface area contributed by atoms with E-state index >= 15 is 0 Å². The van der Waals surface area contributed by atoms with Crippen LogP contribution in [0.15, 0.2) is 0 Å². The number of hydrogen-bond acceptors (Lipinski definition) is 2. The van der Waals surface area contributed by atoms with Gasteiger partial charge >= 0.3 is 0 Å². The Balaban J connectivity index is 0. The van der Waals surface area contributed by atoms with Crippen LogP contribution in [-0.4, -0.2) is 5.91 Å². The van der Waals surface area contributed by atoms with E-state index in [2.05, 4.69) is 5.84 Å². The summed E-state index contributed by atoms with van der Waals surface area (Å²) in [4.78, 5) is 9.58. The van der Waals surface area contributed by atoms with Crippen molar-refractivity contribution >= 4 is 5.91 Å². The predicted octanol–water partition coefficient (Wildman–Crippen LogP) is 0.0224. The monoisotopic (exact) mass is 104 g/mol. The smallest absolute Gasteiger partial charge is 0.230 e. The van der Waals surface area contributed by atoms with Crippen LogP contribution in [0.1, 0.15) is 20.8 Å². The number of nitrogens with two attached hydrogens (primary N) is 1. The Bertz CT molecular complexity index is 45.0. The molecule has 0 rings (SSSR count). The predicted molar refractivity (Wildman–Crippen MR) is 29.4 cm³/mol. The van der Waals surface area contributed by atoms with Crippen LogP contribution < -0.4 is 11.3 Å². The lowest BCUT2D eigenvalue weighted by atomic mass is 10.8. The van der Waals surface area contributed by atoms with Crippen LogP contribution in [0.2, 0.25) is 0 Å². The third-order valence-corrected chi connectivity index (χ3v) is 0.203. The molecule has 3 nitrogen and oxygen atoms in total. The summed E-state index contributed by atoms with van der Waals surface area (Å²) in [7, 11) is 0. The van der Waals surface area contributed by atoms with Crippen LogP contribution in [0.25, 0.3) is 0 Å². The van der Waals surface area contributed by atoms with E-state index in [1.165, 1.54) is 6.92 Å². The first-order chi connectivity index (χ1) is 3.27. The molecular weight excluding hydrogens is 92.1 g/mol. The van der Waals surface area contributed by atoms with E-state index in [-0.39, 0.29) is 5.91 Å². The zero-order chi connectivity index (χ0) is 6.28. The molecule has 0 aliphatic carbocycles. The van der Waals surface area contributed by atoms with Gasteiger partial charge < -0.3 is 0 Å². The van der Waals surface area contributed by atoms with Gasteiger partial charge in [0.25, 0.3) is 0 Å². The molecule has 0 saturated carbocycles. The van der Waals surface area contributed by atoms with E-state index in [4.69, 9.17) is 0 Å². The highest BCUT2D eigenvalue weighted by Crippen LogP contribution is 1.41. The lowest BCUT2D eigenvalue weighted by Crippen LogP contribution is -2.26. The van der Waals surface area contributed by atoms with Crippen LogP contribution in [0.5, 0.6) is 0 Å². The van der Waals surface area contributed by atoms with E-state index in [0.717, 1.165) is 0 Å². The fourth-order valence-corrected chi connectivity index (χ4v) is 0.